The number of H-pyrrole nitrogens is 1. The number of aromatic amines is 1. The van der Waals surface area contributed by atoms with Gasteiger partial charge in [0.05, 0.1) is 16.7 Å². The van der Waals surface area contributed by atoms with Gasteiger partial charge in [-0.3, -0.25) is 9.89 Å². The SMILES string of the molecule is CC(C)(C)[C@@H](CC(=O)O)Cc1cc(-c2ccco2)nc(-c2[nH]nc3ncc(Cl)cc23)n1. The maximum atomic E-state index is 11.5. The number of nitrogens with one attached hydrogen (secondary N) is 1. The summed E-state index contributed by atoms with van der Waals surface area (Å²) in [4.78, 5) is 25.1. The van der Waals surface area contributed by atoms with Gasteiger partial charge in [0, 0.05) is 18.3 Å². The van der Waals surface area contributed by atoms with Crippen molar-refractivity contribution in [3.05, 3.63) is 47.4 Å². The lowest BCUT2D eigenvalue weighted by Gasteiger charge is -2.29. The Balaban J connectivity index is 1.83. The predicted molar refractivity (Wildman–Crippen MR) is 117 cm³/mol. The number of hydrogen-bond donors (Lipinski definition) is 2. The second-order valence-corrected chi connectivity index (χ2v) is 8.97. The molecule has 0 saturated heterocycles. The Labute approximate surface area is 183 Å². The van der Waals surface area contributed by atoms with Gasteiger partial charge in [0.15, 0.2) is 17.2 Å². The number of pyridine rings is 1. The van der Waals surface area contributed by atoms with Gasteiger partial charge in [0.25, 0.3) is 0 Å². The van der Waals surface area contributed by atoms with Crippen LogP contribution in [0.3, 0.4) is 0 Å². The van der Waals surface area contributed by atoms with E-state index in [1.165, 1.54) is 6.20 Å². The number of nitrogens with zero attached hydrogens (tertiary/aromatic N) is 4. The first-order valence-electron chi connectivity index (χ1n) is 9.84. The number of rotatable bonds is 6. The minimum Gasteiger partial charge on any atom is -0.481 e. The van der Waals surface area contributed by atoms with Crippen LogP contribution in [0.1, 0.15) is 32.9 Å². The Bertz CT molecular complexity index is 1230. The van der Waals surface area contributed by atoms with Crippen LogP contribution in [0.2, 0.25) is 5.02 Å². The molecule has 1 atom stereocenters. The molecule has 0 unspecified atom stereocenters. The van der Waals surface area contributed by atoms with E-state index >= 15 is 0 Å². The second-order valence-electron chi connectivity index (χ2n) is 8.53. The summed E-state index contributed by atoms with van der Waals surface area (Å²) in [5, 5.41) is 17.8. The molecule has 0 spiro atoms. The smallest absolute Gasteiger partial charge is 0.303 e. The van der Waals surface area contributed by atoms with Crippen LogP contribution < -0.4 is 0 Å². The van der Waals surface area contributed by atoms with Crippen molar-refractivity contribution in [1.82, 2.24) is 25.1 Å². The van der Waals surface area contributed by atoms with Gasteiger partial charge < -0.3 is 9.52 Å². The third-order valence-corrected chi connectivity index (χ3v) is 5.46. The molecule has 0 amide bonds. The topological polar surface area (TPSA) is 118 Å². The van der Waals surface area contributed by atoms with Crippen molar-refractivity contribution < 1.29 is 14.3 Å². The standard InChI is InChI=1S/C22H22ClN5O3/c1-22(2,3)12(8-18(29)30)7-14-10-16(17-5-4-6-31-17)26-21(25-14)19-15-9-13(23)11-24-20(15)28-27-19/h4-6,9-12H,7-8H2,1-3H3,(H,29,30)(H,24,27,28)/t12-/m1/s1. The van der Waals surface area contributed by atoms with E-state index in [1.807, 2.05) is 32.9 Å². The fourth-order valence-electron chi connectivity index (χ4n) is 3.46. The highest BCUT2D eigenvalue weighted by molar-refractivity contribution is 6.31. The van der Waals surface area contributed by atoms with Crippen molar-refractivity contribution in [2.75, 3.05) is 0 Å². The fraction of sp³-hybridized carbons (Fsp3) is 0.318. The summed E-state index contributed by atoms with van der Waals surface area (Å²) in [7, 11) is 0. The van der Waals surface area contributed by atoms with Crippen molar-refractivity contribution in [2.24, 2.45) is 11.3 Å². The van der Waals surface area contributed by atoms with Crippen LogP contribution in [0.4, 0.5) is 0 Å². The zero-order chi connectivity index (χ0) is 22.2. The summed E-state index contributed by atoms with van der Waals surface area (Å²) in [5.74, 6) is 0.0569. The number of carbonyl (C=O) groups is 1. The molecule has 4 heterocycles. The first-order valence-corrected chi connectivity index (χ1v) is 10.2. The molecule has 0 aromatic carbocycles. The van der Waals surface area contributed by atoms with Gasteiger partial charge in [-0.25, -0.2) is 15.0 Å². The molecule has 0 aliphatic heterocycles. The molecule has 4 rings (SSSR count). The maximum absolute atomic E-state index is 11.5. The van der Waals surface area contributed by atoms with E-state index in [1.54, 1.807) is 18.4 Å². The molecule has 0 fully saturated rings. The average molecular weight is 440 g/mol. The molecule has 160 valence electrons. The predicted octanol–water partition coefficient (Wildman–Crippen LogP) is 5.01. The number of carboxylic acid groups (broad SMARTS) is 1. The molecule has 2 N–H and O–H groups in total. The van der Waals surface area contributed by atoms with Gasteiger partial charge >= 0.3 is 5.97 Å². The van der Waals surface area contributed by atoms with Crippen molar-refractivity contribution in [3.63, 3.8) is 0 Å². The van der Waals surface area contributed by atoms with Crippen LogP contribution in [-0.4, -0.2) is 36.2 Å². The Hall–Kier alpha value is -3.26. The zero-order valence-electron chi connectivity index (χ0n) is 17.4. The molecule has 4 aromatic heterocycles. The van der Waals surface area contributed by atoms with E-state index in [2.05, 4.69) is 20.2 Å². The number of aromatic nitrogens is 5. The molecular formula is C22H22ClN5O3. The summed E-state index contributed by atoms with van der Waals surface area (Å²) in [6.45, 7) is 6.10. The average Bonchev–Trinajstić information content (AvgIpc) is 3.36. The van der Waals surface area contributed by atoms with Crippen LogP contribution in [-0.2, 0) is 11.2 Å². The second kappa shape index (κ2) is 8.11. The van der Waals surface area contributed by atoms with E-state index < -0.39 is 5.97 Å². The summed E-state index contributed by atoms with van der Waals surface area (Å²) >= 11 is 6.13. The summed E-state index contributed by atoms with van der Waals surface area (Å²) in [5.41, 5.74) is 2.20. The molecule has 0 radical (unpaired) electrons. The lowest BCUT2D eigenvalue weighted by atomic mass is 9.76. The maximum Gasteiger partial charge on any atom is 0.303 e. The van der Waals surface area contributed by atoms with Crippen molar-refractivity contribution in [1.29, 1.82) is 0 Å². The quantitative estimate of drug-likeness (QED) is 0.433. The Morgan fingerprint density at radius 3 is 2.77 bits per heavy atom. The Morgan fingerprint density at radius 2 is 2.10 bits per heavy atom. The normalized spacial score (nSPS) is 12.9. The third kappa shape index (κ3) is 4.59. The molecule has 9 heteroatoms. The van der Waals surface area contributed by atoms with Crippen molar-refractivity contribution in [2.45, 2.75) is 33.6 Å². The zero-order valence-corrected chi connectivity index (χ0v) is 18.1. The lowest BCUT2D eigenvalue weighted by Crippen LogP contribution is -2.26. The number of carboxylic acids is 1. The Kier molecular flexibility index (Phi) is 5.49. The van der Waals surface area contributed by atoms with E-state index in [4.69, 9.17) is 21.0 Å². The van der Waals surface area contributed by atoms with E-state index in [-0.39, 0.29) is 17.8 Å². The van der Waals surface area contributed by atoms with Gasteiger partial charge in [-0.15, -0.1) is 0 Å². The number of halogens is 1. The number of fused-ring (bicyclic) bond motifs is 1. The molecule has 0 saturated carbocycles. The molecule has 0 aliphatic carbocycles. The summed E-state index contributed by atoms with van der Waals surface area (Å²) in [6.07, 6.45) is 3.63. The van der Waals surface area contributed by atoms with Crippen LogP contribution in [0.15, 0.2) is 41.1 Å². The van der Waals surface area contributed by atoms with Crippen molar-refractivity contribution >= 4 is 28.6 Å². The third-order valence-electron chi connectivity index (χ3n) is 5.25. The molecule has 4 aromatic rings. The highest BCUT2D eigenvalue weighted by atomic mass is 35.5. The van der Waals surface area contributed by atoms with Crippen molar-refractivity contribution in [3.8, 4) is 23.0 Å². The largest absolute Gasteiger partial charge is 0.481 e. The van der Waals surface area contributed by atoms with Gasteiger partial charge in [0.1, 0.15) is 11.4 Å². The van der Waals surface area contributed by atoms with Gasteiger partial charge in [-0.2, -0.15) is 5.10 Å². The minimum atomic E-state index is -0.833. The van der Waals surface area contributed by atoms with Crippen LogP contribution in [0.5, 0.6) is 0 Å². The van der Waals surface area contributed by atoms with Crippen LogP contribution >= 0.6 is 11.6 Å². The van der Waals surface area contributed by atoms with E-state index in [0.29, 0.717) is 45.4 Å². The first-order chi connectivity index (χ1) is 14.7. The Morgan fingerprint density at radius 1 is 1.29 bits per heavy atom. The highest BCUT2D eigenvalue weighted by Gasteiger charge is 2.28. The summed E-state index contributed by atoms with van der Waals surface area (Å²) in [6, 6.07) is 7.20. The van der Waals surface area contributed by atoms with Gasteiger partial charge in [-0.1, -0.05) is 32.4 Å². The number of furan rings is 1. The molecular weight excluding hydrogens is 418 g/mol. The number of hydrogen-bond acceptors (Lipinski definition) is 6. The molecule has 0 aliphatic rings. The van der Waals surface area contributed by atoms with E-state index in [9.17, 15) is 9.90 Å². The monoisotopic (exact) mass is 439 g/mol. The molecule has 31 heavy (non-hydrogen) atoms. The van der Waals surface area contributed by atoms with Crippen LogP contribution in [0.25, 0.3) is 34.0 Å². The van der Waals surface area contributed by atoms with Crippen LogP contribution in [0, 0.1) is 11.3 Å². The fourth-order valence-corrected chi connectivity index (χ4v) is 3.61. The number of aliphatic carboxylic acids is 1. The highest BCUT2D eigenvalue weighted by Crippen LogP contribution is 2.33. The summed E-state index contributed by atoms with van der Waals surface area (Å²) < 4.78 is 5.55. The molecule has 8 nitrogen and oxygen atoms in total. The molecule has 0 bridgehead atoms. The minimum absolute atomic E-state index is 0.0471. The van der Waals surface area contributed by atoms with E-state index in [0.717, 1.165) is 5.69 Å². The van der Waals surface area contributed by atoms with Gasteiger partial charge in [0.2, 0.25) is 0 Å². The van der Waals surface area contributed by atoms with Gasteiger partial charge in [-0.05, 0) is 42.0 Å². The lowest BCUT2D eigenvalue weighted by molar-refractivity contribution is -0.139. The first kappa shape index (κ1) is 21.0.